The molecule has 1 aliphatic rings. The molecule has 0 aromatic heterocycles. The number of nitrogens with one attached hydrogen (secondary N) is 2. The Kier molecular flexibility index (Phi) is 5.64. The number of likely N-dealkylation sites (N-methyl/N-ethyl adjacent to an activating group) is 1. The summed E-state index contributed by atoms with van der Waals surface area (Å²) in [6.07, 6.45) is 0. The van der Waals surface area contributed by atoms with Crippen LogP contribution in [0.25, 0.3) is 0 Å². The smallest absolute Gasteiger partial charge is 0.294 e. The van der Waals surface area contributed by atoms with E-state index in [2.05, 4.69) is 5.32 Å². The van der Waals surface area contributed by atoms with Crippen LogP contribution in [0.1, 0.15) is 5.56 Å². The van der Waals surface area contributed by atoms with Gasteiger partial charge in [-0.2, -0.15) is 4.31 Å². The van der Waals surface area contributed by atoms with E-state index in [1.807, 2.05) is 7.05 Å². The van der Waals surface area contributed by atoms with Crippen molar-refractivity contribution in [3.63, 3.8) is 0 Å². The number of hydrogen-bond donors (Lipinski definition) is 2. The van der Waals surface area contributed by atoms with Crippen LogP contribution in [0.4, 0.5) is 21.5 Å². The fourth-order valence-corrected chi connectivity index (χ4v) is 4.47. The second-order valence-electron chi connectivity index (χ2n) is 6.89. The third-order valence-corrected chi connectivity index (χ3v) is 6.73. The number of rotatable bonds is 5. The molecule has 1 saturated heterocycles. The van der Waals surface area contributed by atoms with Crippen LogP contribution in [0.3, 0.4) is 0 Å². The van der Waals surface area contributed by atoms with Crippen LogP contribution in [-0.4, -0.2) is 50.9 Å². The predicted molar refractivity (Wildman–Crippen MR) is 103 cm³/mol. The molecule has 0 bridgehead atoms. The van der Waals surface area contributed by atoms with E-state index in [0.717, 1.165) is 6.07 Å². The first-order valence-corrected chi connectivity index (χ1v) is 10.3. The fourth-order valence-electron chi connectivity index (χ4n) is 3.01. The van der Waals surface area contributed by atoms with E-state index >= 15 is 0 Å². The van der Waals surface area contributed by atoms with E-state index in [-0.39, 0.29) is 16.3 Å². The number of quaternary nitrogens is 1. The van der Waals surface area contributed by atoms with Crippen molar-refractivity contribution in [3.05, 3.63) is 57.9 Å². The molecule has 1 fully saturated rings. The van der Waals surface area contributed by atoms with Gasteiger partial charge in [-0.15, -0.1) is 0 Å². The number of halogens is 1. The van der Waals surface area contributed by atoms with Crippen LogP contribution in [0.15, 0.2) is 41.3 Å². The molecule has 0 saturated carbocycles. The summed E-state index contributed by atoms with van der Waals surface area (Å²) in [7, 11) is -1.83. The van der Waals surface area contributed by atoms with Crippen molar-refractivity contribution >= 4 is 27.1 Å². The molecule has 2 N–H and O–H groups in total. The minimum absolute atomic E-state index is 0.0926. The molecule has 0 aliphatic carbocycles. The maximum absolute atomic E-state index is 13.7. The zero-order chi connectivity index (χ0) is 20.5. The van der Waals surface area contributed by atoms with E-state index in [1.54, 1.807) is 19.1 Å². The molecule has 0 amide bonds. The van der Waals surface area contributed by atoms with Crippen LogP contribution < -0.4 is 10.2 Å². The van der Waals surface area contributed by atoms with Gasteiger partial charge in [-0.1, -0.05) is 6.07 Å². The number of hydrogen-bond acceptors (Lipinski definition) is 5. The van der Waals surface area contributed by atoms with Crippen LogP contribution in [-0.2, 0) is 10.0 Å². The van der Waals surface area contributed by atoms with Crippen molar-refractivity contribution in [2.75, 3.05) is 38.5 Å². The van der Waals surface area contributed by atoms with E-state index in [0.29, 0.717) is 37.4 Å². The van der Waals surface area contributed by atoms with E-state index in [1.165, 1.54) is 27.4 Å². The van der Waals surface area contributed by atoms with E-state index in [9.17, 15) is 22.9 Å². The average Bonchev–Trinajstić information content (AvgIpc) is 2.65. The number of piperazine rings is 1. The highest BCUT2D eigenvalue weighted by atomic mass is 32.2. The largest absolute Gasteiger partial charge is 0.350 e. The van der Waals surface area contributed by atoms with Gasteiger partial charge in [-0.05, 0) is 36.8 Å². The van der Waals surface area contributed by atoms with Gasteiger partial charge in [0.25, 0.3) is 5.69 Å². The summed E-state index contributed by atoms with van der Waals surface area (Å²) in [6.45, 7) is 3.70. The number of aryl methyl sites for hydroxylation is 1. The van der Waals surface area contributed by atoms with Crippen molar-refractivity contribution in [1.82, 2.24) is 4.31 Å². The molecule has 150 valence electrons. The Balaban J connectivity index is 1.92. The zero-order valence-electron chi connectivity index (χ0n) is 15.6. The summed E-state index contributed by atoms with van der Waals surface area (Å²) >= 11 is 0. The topological polar surface area (TPSA) is 97.0 Å². The maximum Gasteiger partial charge on any atom is 0.294 e. The molecule has 1 aliphatic heterocycles. The van der Waals surface area contributed by atoms with Gasteiger partial charge in [0.15, 0.2) is 0 Å². The summed E-state index contributed by atoms with van der Waals surface area (Å²) in [5.74, 6) is -0.441. The molecule has 0 spiro atoms. The summed E-state index contributed by atoms with van der Waals surface area (Å²) in [4.78, 5) is 12.0. The van der Waals surface area contributed by atoms with Gasteiger partial charge in [0.1, 0.15) is 11.5 Å². The Hall–Kier alpha value is -2.56. The Morgan fingerprint density at radius 3 is 2.46 bits per heavy atom. The lowest BCUT2D eigenvalue weighted by Gasteiger charge is -2.29. The van der Waals surface area contributed by atoms with Crippen molar-refractivity contribution in [2.45, 2.75) is 11.8 Å². The minimum Gasteiger partial charge on any atom is -0.350 e. The highest BCUT2D eigenvalue weighted by Gasteiger charge is 2.31. The molecule has 3 rings (SSSR count). The molecule has 1 heterocycles. The first-order valence-electron chi connectivity index (χ1n) is 8.81. The van der Waals surface area contributed by atoms with Crippen molar-refractivity contribution in [3.8, 4) is 0 Å². The van der Waals surface area contributed by atoms with Crippen LogP contribution >= 0.6 is 0 Å². The van der Waals surface area contributed by atoms with Crippen LogP contribution in [0, 0.1) is 22.9 Å². The highest BCUT2D eigenvalue weighted by Crippen LogP contribution is 2.31. The third kappa shape index (κ3) is 4.13. The van der Waals surface area contributed by atoms with Crippen LogP contribution in [0.5, 0.6) is 0 Å². The molecule has 0 unspecified atom stereocenters. The molecule has 8 nitrogen and oxygen atoms in total. The molecule has 2 aromatic carbocycles. The van der Waals surface area contributed by atoms with Crippen LogP contribution in [0.2, 0.25) is 0 Å². The van der Waals surface area contributed by atoms with E-state index in [4.69, 9.17) is 0 Å². The van der Waals surface area contributed by atoms with Gasteiger partial charge in [0, 0.05) is 11.8 Å². The Morgan fingerprint density at radius 2 is 1.86 bits per heavy atom. The van der Waals surface area contributed by atoms with Gasteiger partial charge in [0.05, 0.1) is 43.0 Å². The molecule has 0 atom stereocenters. The van der Waals surface area contributed by atoms with Crippen molar-refractivity contribution in [2.24, 2.45) is 0 Å². The Bertz CT molecular complexity index is 1000. The number of nitro benzene ring substituents is 1. The second-order valence-corrected chi connectivity index (χ2v) is 8.82. The van der Waals surface area contributed by atoms with Gasteiger partial charge in [-0.3, -0.25) is 10.1 Å². The quantitative estimate of drug-likeness (QED) is 0.573. The summed E-state index contributed by atoms with van der Waals surface area (Å²) < 4.78 is 40.8. The molecule has 28 heavy (non-hydrogen) atoms. The minimum atomic E-state index is -3.82. The number of nitro groups is 1. The normalized spacial score (nSPS) is 16.1. The van der Waals surface area contributed by atoms with Gasteiger partial charge < -0.3 is 10.2 Å². The van der Waals surface area contributed by atoms with Gasteiger partial charge >= 0.3 is 0 Å². The number of anilines is 2. The molecule has 10 heteroatoms. The highest BCUT2D eigenvalue weighted by molar-refractivity contribution is 7.89. The fraction of sp³-hybridized carbons (Fsp3) is 0.333. The Morgan fingerprint density at radius 1 is 1.18 bits per heavy atom. The molecular weight excluding hydrogens is 387 g/mol. The summed E-state index contributed by atoms with van der Waals surface area (Å²) in [6, 6.07) is 8.10. The third-order valence-electron chi connectivity index (χ3n) is 4.83. The van der Waals surface area contributed by atoms with Crippen molar-refractivity contribution < 1.29 is 22.6 Å². The van der Waals surface area contributed by atoms with Gasteiger partial charge in [-0.25, -0.2) is 12.8 Å². The van der Waals surface area contributed by atoms with E-state index < -0.39 is 20.8 Å². The lowest BCUT2D eigenvalue weighted by atomic mass is 10.2. The number of nitrogens with zero attached hydrogens (tertiary/aromatic N) is 2. The SMILES string of the molecule is Cc1ccc(Nc2ccc(S(=O)(=O)N3CC[NH+](C)CC3)cc2[N+](=O)[O-])cc1F. The maximum atomic E-state index is 13.7. The van der Waals surface area contributed by atoms with Crippen molar-refractivity contribution in [1.29, 1.82) is 0 Å². The Labute approximate surface area is 162 Å². The first-order chi connectivity index (χ1) is 13.2. The predicted octanol–water partition coefficient (Wildman–Crippen LogP) is 1.30. The zero-order valence-corrected chi connectivity index (χ0v) is 16.4. The second kappa shape index (κ2) is 7.82. The number of benzene rings is 2. The summed E-state index contributed by atoms with van der Waals surface area (Å²) in [5.41, 5.74) is 0.496. The molecular formula is C18H22FN4O4S+. The lowest BCUT2D eigenvalue weighted by Crippen LogP contribution is -3.12. The number of sulfonamides is 1. The standard InChI is InChI=1S/C18H21FN4O4S/c1-13-3-4-14(11-16(13)19)20-17-6-5-15(12-18(17)23(24)25)28(26,27)22-9-7-21(2)8-10-22/h3-6,11-12,20H,7-10H2,1-2H3/p+1. The first kappa shape index (κ1) is 20.2. The summed E-state index contributed by atoms with van der Waals surface area (Å²) in [5, 5.41) is 14.3. The molecule has 0 radical (unpaired) electrons. The average molecular weight is 409 g/mol. The molecule has 2 aromatic rings. The lowest BCUT2D eigenvalue weighted by molar-refractivity contribution is -0.883. The van der Waals surface area contributed by atoms with Gasteiger partial charge in [0.2, 0.25) is 10.0 Å². The monoisotopic (exact) mass is 409 g/mol.